The Kier molecular flexibility index (Phi) is 11.3. The van der Waals surface area contributed by atoms with Gasteiger partial charge in [-0.3, -0.25) is 19.6 Å². The molecule has 4 N–H and O–H groups in total. The van der Waals surface area contributed by atoms with E-state index in [-0.39, 0.29) is 30.2 Å². The van der Waals surface area contributed by atoms with Crippen molar-refractivity contribution < 1.29 is 9.59 Å². The Morgan fingerprint density at radius 3 is 2.20 bits per heavy atom. The van der Waals surface area contributed by atoms with Crippen LogP contribution in [0.3, 0.4) is 0 Å². The second-order valence-corrected chi connectivity index (χ2v) is 11.3. The molecule has 11 nitrogen and oxygen atoms in total. The van der Waals surface area contributed by atoms with Crippen molar-refractivity contribution in [2.24, 2.45) is 5.73 Å². The van der Waals surface area contributed by atoms with Crippen LogP contribution in [0.5, 0.6) is 0 Å². The molecule has 3 amide bonds. The molecule has 4 rings (SSSR count). The van der Waals surface area contributed by atoms with Gasteiger partial charge in [-0.15, -0.1) is 12.4 Å². The van der Waals surface area contributed by atoms with Crippen molar-refractivity contribution in [3.05, 3.63) is 52.6 Å². The highest BCUT2D eigenvalue weighted by Crippen LogP contribution is 2.24. The Bertz CT molecular complexity index is 1220. The average molecular weight is 589 g/mol. The molecule has 41 heavy (non-hydrogen) atoms. The molecule has 0 bridgehead atoms. The van der Waals surface area contributed by atoms with Gasteiger partial charge in [0.15, 0.2) is 0 Å². The fourth-order valence-corrected chi connectivity index (χ4v) is 5.43. The summed E-state index contributed by atoms with van der Waals surface area (Å²) in [6.45, 7) is 9.44. The summed E-state index contributed by atoms with van der Waals surface area (Å²) in [6, 6.07) is 10.1. The first-order valence-electron chi connectivity index (χ1n) is 14.3. The number of hydrogen-bond donors (Lipinski definition) is 3. The van der Waals surface area contributed by atoms with Crippen LogP contribution in [0.4, 0.5) is 10.6 Å². The van der Waals surface area contributed by atoms with E-state index in [0.717, 1.165) is 44.5 Å². The maximum absolute atomic E-state index is 12.8. The lowest BCUT2D eigenvalue weighted by Gasteiger charge is -2.38. The summed E-state index contributed by atoms with van der Waals surface area (Å²) >= 11 is 0. The molecule has 2 aromatic rings. The van der Waals surface area contributed by atoms with Crippen LogP contribution in [-0.2, 0) is 11.3 Å². The van der Waals surface area contributed by atoms with Crippen LogP contribution in [-0.4, -0.2) is 93.6 Å². The van der Waals surface area contributed by atoms with Crippen LogP contribution in [0.25, 0.3) is 5.69 Å². The maximum Gasteiger partial charge on any atom is 0.354 e. The molecule has 0 radical (unpaired) electrons. The molecule has 12 heteroatoms. The van der Waals surface area contributed by atoms with Crippen molar-refractivity contribution in [3.8, 4) is 5.69 Å². The summed E-state index contributed by atoms with van der Waals surface area (Å²) < 4.78 is 1.47. The lowest BCUT2D eigenvalue weighted by molar-refractivity contribution is -0.138. The maximum atomic E-state index is 12.8. The van der Waals surface area contributed by atoms with E-state index in [4.69, 9.17) is 5.73 Å². The number of urea groups is 1. The molecule has 0 atom stereocenters. The SMILES string of the molecule is CCN(Cc1ccc(-n2ccc(NC(=O)N3CCN(C(=O)C(C)(C)NC)CC3)nc2=O)cc1)C1CCC(N)CC1.Cl. The highest BCUT2D eigenvalue weighted by atomic mass is 35.5. The number of nitrogens with two attached hydrogens (primary N) is 1. The van der Waals surface area contributed by atoms with Crippen molar-refractivity contribution in [1.29, 1.82) is 0 Å². The van der Waals surface area contributed by atoms with Crippen LogP contribution in [0.2, 0.25) is 0 Å². The molecule has 1 aliphatic carbocycles. The quantitative estimate of drug-likeness (QED) is 0.432. The van der Waals surface area contributed by atoms with Crippen LogP contribution in [0, 0.1) is 0 Å². The summed E-state index contributed by atoms with van der Waals surface area (Å²) in [5.41, 5.74) is 6.88. The number of piperazine rings is 1. The van der Waals surface area contributed by atoms with E-state index < -0.39 is 11.2 Å². The number of nitrogens with one attached hydrogen (secondary N) is 2. The minimum Gasteiger partial charge on any atom is -0.338 e. The van der Waals surface area contributed by atoms with Gasteiger partial charge < -0.3 is 20.9 Å². The van der Waals surface area contributed by atoms with Gasteiger partial charge in [-0.05, 0) is 76.9 Å². The Morgan fingerprint density at radius 2 is 1.63 bits per heavy atom. The Labute approximate surface area is 248 Å². The van der Waals surface area contributed by atoms with Crippen LogP contribution < -0.4 is 22.1 Å². The number of nitrogens with zero attached hydrogens (tertiary/aromatic N) is 5. The molecule has 1 aromatic heterocycles. The van der Waals surface area contributed by atoms with Crippen LogP contribution in [0.1, 0.15) is 52.0 Å². The number of benzene rings is 1. The Morgan fingerprint density at radius 1 is 1.02 bits per heavy atom. The number of anilines is 1. The number of carbonyl (C=O) groups is 2. The standard InChI is InChI=1S/C29H44N8O3.ClH/c1-5-34(23-12-8-22(30)9-13-23)20-21-6-10-24(11-7-21)37-15-14-25(33-28(37)40)32-27(39)36-18-16-35(17-19-36)26(38)29(2,3)31-4;/h6-7,10-11,14-15,22-23,31H,5,8-9,12-13,16-20,30H2,1-4H3,(H,32,33,39,40);1H. The molecule has 1 aromatic carbocycles. The fraction of sp³-hybridized carbons (Fsp3) is 0.586. The van der Waals surface area contributed by atoms with Crippen LogP contribution >= 0.6 is 12.4 Å². The highest BCUT2D eigenvalue weighted by Gasteiger charge is 2.33. The van der Waals surface area contributed by atoms with E-state index >= 15 is 0 Å². The second-order valence-electron chi connectivity index (χ2n) is 11.3. The Balaban J connectivity index is 0.00000462. The van der Waals surface area contributed by atoms with E-state index in [9.17, 15) is 14.4 Å². The molecule has 1 saturated heterocycles. The first-order valence-corrected chi connectivity index (χ1v) is 14.3. The van der Waals surface area contributed by atoms with Gasteiger partial charge in [0.25, 0.3) is 0 Å². The first kappa shape index (κ1) is 32.5. The molecule has 2 aliphatic rings. The topological polar surface area (TPSA) is 129 Å². The van der Waals surface area contributed by atoms with E-state index in [0.29, 0.717) is 38.3 Å². The summed E-state index contributed by atoms with van der Waals surface area (Å²) in [4.78, 5) is 48.2. The monoisotopic (exact) mass is 588 g/mol. The highest BCUT2D eigenvalue weighted by molar-refractivity contribution is 5.89. The lowest BCUT2D eigenvalue weighted by Crippen LogP contribution is -2.58. The van der Waals surface area contributed by atoms with Gasteiger partial charge in [-0.2, -0.15) is 4.98 Å². The second kappa shape index (κ2) is 14.3. The molecule has 1 saturated carbocycles. The van der Waals surface area contributed by atoms with Gasteiger partial charge >= 0.3 is 11.7 Å². The number of aromatic nitrogens is 2. The number of carbonyl (C=O) groups excluding carboxylic acids is 2. The predicted molar refractivity (Wildman–Crippen MR) is 164 cm³/mol. The van der Waals surface area contributed by atoms with Crippen molar-refractivity contribution in [1.82, 2.24) is 29.6 Å². The minimum atomic E-state index is -0.654. The number of likely N-dealkylation sites (N-methyl/N-ethyl adjacent to an activating group) is 1. The van der Waals surface area contributed by atoms with E-state index in [1.807, 2.05) is 26.0 Å². The molecule has 2 fully saturated rings. The van der Waals surface area contributed by atoms with E-state index in [2.05, 4.69) is 39.6 Å². The third kappa shape index (κ3) is 8.06. The third-order valence-electron chi connectivity index (χ3n) is 8.32. The zero-order valence-electron chi connectivity index (χ0n) is 24.6. The molecular formula is C29H45ClN8O3. The van der Waals surface area contributed by atoms with E-state index in [1.165, 1.54) is 10.1 Å². The molecule has 0 spiro atoms. The first-order chi connectivity index (χ1) is 19.1. The number of halogens is 1. The minimum absolute atomic E-state index is 0. The van der Waals surface area contributed by atoms with Gasteiger partial charge in [-0.25, -0.2) is 9.59 Å². The van der Waals surface area contributed by atoms with Crippen molar-refractivity contribution in [2.75, 3.05) is 45.1 Å². The summed E-state index contributed by atoms with van der Waals surface area (Å²) in [5.74, 6) is 0.203. The van der Waals surface area contributed by atoms with Gasteiger partial charge in [0.2, 0.25) is 5.91 Å². The molecule has 0 unspecified atom stereocenters. The smallest absolute Gasteiger partial charge is 0.338 e. The van der Waals surface area contributed by atoms with Crippen molar-refractivity contribution in [2.45, 2.75) is 70.6 Å². The molecule has 226 valence electrons. The summed E-state index contributed by atoms with van der Waals surface area (Å²) in [5, 5.41) is 5.74. The molecule has 1 aliphatic heterocycles. The van der Waals surface area contributed by atoms with Gasteiger partial charge in [0.05, 0.1) is 11.2 Å². The Hall–Kier alpha value is -2.99. The van der Waals surface area contributed by atoms with Crippen molar-refractivity contribution in [3.63, 3.8) is 0 Å². The number of rotatable bonds is 8. The lowest BCUT2D eigenvalue weighted by atomic mass is 9.90. The summed E-state index contributed by atoms with van der Waals surface area (Å²) in [6.07, 6.45) is 6.07. The third-order valence-corrected chi connectivity index (χ3v) is 8.32. The zero-order valence-corrected chi connectivity index (χ0v) is 25.5. The van der Waals surface area contributed by atoms with Gasteiger partial charge in [0, 0.05) is 51.0 Å². The summed E-state index contributed by atoms with van der Waals surface area (Å²) in [7, 11) is 1.76. The number of amides is 3. The van der Waals surface area contributed by atoms with Crippen molar-refractivity contribution >= 4 is 30.2 Å². The predicted octanol–water partition coefficient (Wildman–Crippen LogP) is 2.42. The van der Waals surface area contributed by atoms with E-state index in [1.54, 1.807) is 29.1 Å². The normalized spacial score (nSPS) is 19.6. The van der Waals surface area contributed by atoms with Gasteiger partial charge in [-0.1, -0.05) is 19.1 Å². The average Bonchev–Trinajstić information content (AvgIpc) is 2.96. The van der Waals surface area contributed by atoms with Gasteiger partial charge in [0.1, 0.15) is 5.82 Å². The molecular weight excluding hydrogens is 544 g/mol. The largest absolute Gasteiger partial charge is 0.354 e. The molecule has 2 heterocycles. The zero-order chi connectivity index (χ0) is 28.9. The van der Waals surface area contributed by atoms with Crippen LogP contribution in [0.15, 0.2) is 41.3 Å². The fourth-order valence-electron chi connectivity index (χ4n) is 5.43. The number of hydrogen-bond acceptors (Lipinski definition) is 7.